The monoisotopic (exact) mass is 226 g/mol. The summed E-state index contributed by atoms with van der Waals surface area (Å²) in [4.78, 5) is 0. The van der Waals surface area contributed by atoms with Crippen LogP contribution in [0.1, 0.15) is 29.2 Å². The van der Waals surface area contributed by atoms with Crippen molar-refractivity contribution in [1.82, 2.24) is 0 Å². The molecule has 1 aromatic rings. The molecule has 0 aliphatic heterocycles. The normalized spacial score (nSPS) is 11.2. The van der Waals surface area contributed by atoms with E-state index >= 15 is 0 Å². The molecule has 0 radical (unpaired) electrons. The van der Waals surface area contributed by atoms with E-state index in [9.17, 15) is 5.11 Å². The van der Waals surface area contributed by atoms with Crippen molar-refractivity contribution in [3.8, 4) is 11.8 Å². The summed E-state index contributed by atoms with van der Waals surface area (Å²) in [5.41, 5.74) is 3.15. The molecule has 0 unspecified atom stereocenters. The first kappa shape index (κ1) is 13.3. The van der Waals surface area contributed by atoms with E-state index in [-0.39, 0.29) is 0 Å². The Morgan fingerprint density at radius 2 is 2.12 bits per heavy atom. The summed E-state index contributed by atoms with van der Waals surface area (Å²) in [7, 11) is 0. The molecule has 0 heterocycles. The molecule has 1 rings (SSSR count). The maximum Gasteiger partial charge on any atom is 0.140 e. The van der Waals surface area contributed by atoms with Gasteiger partial charge in [0.1, 0.15) is 6.10 Å². The van der Waals surface area contributed by atoms with Crippen LogP contribution in [0, 0.1) is 18.8 Å². The van der Waals surface area contributed by atoms with E-state index < -0.39 is 6.10 Å². The Labute approximate surface area is 103 Å². The molecule has 0 bridgehead atoms. The van der Waals surface area contributed by atoms with Crippen LogP contribution in [0.25, 0.3) is 0 Å². The first-order chi connectivity index (χ1) is 8.20. The van der Waals surface area contributed by atoms with Crippen LogP contribution >= 0.6 is 0 Å². The summed E-state index contributed by atoms with van der Waals surface area (Å²) in [6, 6.07) is 5.89. The third kappa shape index (κ3) is 3.62. The molecule has 0 spiro atoms. The number of aliphatic hydroxyl groups is 1. The highest BCUT2D eigenvalue weighted by molar-refractivity contribution is 5.40. The van der Waals surface area contributed by atoms with Crippen LogP contribution in [0.4, 0.5) is 0 Å². The number of aryl methyl sites for hydroxylation is 1. The lowest BCUT2D eigenvalue weighted by Gasteiger charge is -2.12. The predicted octanol–water partition coefficient (Wildman–Crippen LogP) is 3.34. The van der Waals surface area contributed by atoms with Crippen molar-refractivity contribution in [1.29, 1.82) is 0 Å². The number of hydrogen-bond acceptors (Lipinski definition) is 1. The molecule has 1 atom stereocenters. The lowest BCUT2D eigenvalue weighted by atomic mass is 9.95. The molecular weight excluding hydrogens is 208 g/mol. The third-order valence-corrected chi connectivity index (χ3v) is 2.57. The van der Waals surface area contributed by atoms with Gasteiger partial charge in [-0.05, 0) is 30.0 Å². The van der Waals surface area contributed by atoms with E-state index in [2.05, 4.69) is 25.0 Å². The second-order valence-corrected chi connectivity index (χ2v) is 3.85. The van der Waals surface area contributed by atoms with Gasteiger partial charge in [-0.3, -0.25) is 0 Å². The van der Waals surface area contributed by atoms with E-state index in [0.29, 0.717) is 6.42 Å². The van der Waals surface area contributed by atoms with Crippen molar-refractivity contribution < 1.29 is 5.11 Å². The molecule has 1 aromatic carbocycles. The fourth-order valence-corrected chi connectivity index (χ4v) is 1.71. The van der Waals surface area contributed by atoms with Gasteiger partial charge in [-0.2, -0.15) is 0 Å². The van der Waals surface area contributed by atoms with Crippen molar-refractivity contribution in [2.75, 3.05) is 0 Å². The maximum atomic E-state index is 10.0. The van der Waals surface area contributed by atoms with Crippen molar-refractivity contribution >= 4 is 0 Å². The van der Waals surface area contributed by atoms with E-state index in [1.807, 2.05) is 31.2 Å². The predicted molar refractivity (Wildman–Crippen MR) is 72.6 cm³/mol. The van der Waals surface area contributed by atoms with Gasteiger partial charge < -0.3 is 5.11 Å². The van der Waals surface area contributed by atoms with Gasteiger partial charge in [0, 0.05) is 6.42 Å². The highest BCUT2D eigenvalue weighted by Crippen LogP contribution is 2.21. The second kappa shape index (κ2) is 6.73. The molecule has 1 nitrogen and oxygen atoms in total. The molecule has 0 fully saturated rings. The average molecular weight is 226 g/mol. The minimum absolute atomic E-state index is 0.597. The summed E-state index contributed by atoms with van der Waals surface area (Å²) in [5.74, 6) is 5.70. The van der Waals surface area contributed by atoms with Crippen molar-refractivity contribution in [3.05, 3.63) is 60.2 Å². The van der Waals surface area contributed by atoms with Crippen LogP contribution in [-0.2, 0) is 6.42 Å². The zero-order chi connectivity index (χ0) is 12.7. The Morgan fingerprint density at radius 3 is 2.76 bits per heavy atom. The molecule has 0 amide bonds. The molecule has 0 aliphatic carbocycles. The summed E-state index contributed by atoms with van der Waals surface area (Å²) in [6.07, 6.45) is 4.18. The summed E-state index contributed by atoms with van der Waals surface area (Å²) in [6.45, 7) is 9.37. The number of hydrogen-bond donors (Lipinski definition) is 1. The summed E-state index contributed by atoms with van der Waals surface area (Å²) in [5, 5.41) is 10.0. The van der Waals surface area contributed by atoms with Gasteiger partial charge in [0.25, 0.3) is 0 Å². The number of rotatable bonds is 4. The summed E-state index contributed by atoms with van der Waals surface area (Å²) < 4.78 is 0. The van der Waals surface area contributed by atoms with Gasteiger partial charge in [0.15, 0.2) is 0 Å². The molecule has 17 heavy (non-hydrogen) atoms. The largest absolute Gasteiger partial charge is 0.376 e. The smallest absolute Gasteiger partial charge is 0.140 e. The fraction of sp³-hybridized carbons (Fsp3) is 0.250. The topological polar surface area (TPSA) is 20.2 Å². The Balaban J connectivity index is 3.04. The van der Waals surface area contributed by atoms with Crippen molar-refractivity contribution in [2.24, 2.45) is 0 Å². The Bertz CT molecular complexity index is 460. The van der Waals surface area contributed by atoms with E-state index in [4.69, 9.17) is 0 Å². The maximum absolute atomic E-state index is 10.0. The Kier molecular flexibility index (Phi) is 5.26. The van der Waals surface area contributed by atoms with Crippen LogP contribution in [0.5, 0.6) is 0 Å². The van der Waals surface area contributed by atoms with Gasteiger partial charge in [-0.1, -0.05) is 42.2 Å². The highest BCUT2D eigenvalue weighted by atomic mass is 16.3. The standard InChI is InChI=1S/C16H18O/c1-4-6-7-12-16(17)15-11-8-10-13(3)14(15)9-5-2/h4-5,8,10-11,16-17H,1-2,6,9H2,3H3/t16-/m0/s1. The minimum Gasteiger partial charge on any atom is -0.376 e. The van der Waals surface area contributed by atoms with E-state index in [1.54, 1.807) is 6.08 Å². The fourth-order valence-electron chi connectivity index (χ4n) is 1.71. The first-order valence-electron chi connectivity index (χ1n) is 5.67. The highest BCUT2D eigenvalue weighted by Gasteiger charge is 2.10. The molecule has 1 N–H and O–H groups in total. The van der Waals surface area contributed by atoms with E-state index in [1.165, 1.54) is 0 Å². The SMILES string of the molecule is C=CCC#C[C@H](O)c1cccc(C)c1CC=C. The molecule has 0 saturated heterocycles. The van der Waals surface area contributed by atoms with Gasteiger partial charge in [0.05, 0.1) is 0 Å². The van der Waals surface area contributed by atoms with Crippen molar-refractivity contribution in [3.63, 3.8) is 0 Å². The Hall–Kier alpha value is -1.78. The lowest BCUT2D eigenvalue weighted by Crippen LogP contribution is -2.01. The molecule has 0 aromatic heterocycles. The third-order valence-electron chi connectivity index (χ3n) is 2.57. The van der Waals surface area contributed by atoms with Gasteiger partial charge in [0.2, 0.25) is 0 Å². The molecule has 88 valence electrons. The minimum atomic E-state index is -0.732. The van der Waals surface area contributed by atoms with Gasteiger partial charge in [-0.15, -0.1) is 13.2 Å². The van der Waals surface area contributed by atoms with Gasteiger partial charge in [-0.25, -0.2) is 0 Å². The Morgan fingerprint density at radius 1 is 1.35 bits per heavy atom. The van der Waals surface area contributed by atoms with Crippen LogP contribution in [-0.4, -0.2) is 5.11 Å². The second-order valence-electron chi connectivity index (χ2n) is 3.85. The quantitative estimate of drug-likeness (QED) is 0.616. The van der Waals surface area contributed by atoms with E-state index in [0.717, 1.165) is 23.1 Å². The van der Waals surface area contributed by atoms with Crippen LogP contribution in [0.15, 0.2) is 43.5 Å². The van der Waals surface area contributed by atoms with Crippen molar-refractivity contribution in [2.45, 2.75) is 25.9 Å². The molecule has 0 saturated carbocycles. The van der Waals surface area contributed by atoms with Crippen LogP contribution < -0.4 is 0 Å². The number of benzene rings is 1. The van der Waals surface area contributed by atoms with Gasteiger partial charge >= 0.3 is 0 Å². The average Bonchev–Trinajstić information content (AvgIpc) is 2.32. The number of allylic oxidation sites excluding steroid dienone is 2. The zero-order valence-corrected chi connectivity index (χ0v) is 10.2. The lowest BCUT2D eigenvalue weighted by molar-refractivity contribution is 0.237. The molecular formula is C16H18O. The summed E-state index contributed by atoms with van der Waals surface area (Å²) >= 11 is 0. The zero-order valence-electron chi connectivity index (χ0n) is 10.2. The van der Waals surface area contributed by atoms with Crippen LogP contribution in [0.2, 0.25) is 0 Å². The van der Waals surface area contributed by atoms with Crippen LogP contribution in [0.3, 0.4) is 0 Å². The number of aliphatic hydroxyl groups excluding tert-OH is 1. The molecule has 0 aliphatic rings. The first-order valence-corrected chi connectivity index (χ1v) is 5.67. The molecule has 1 heteroatoms.